The third-order valence-electron chi connectivity index (χ3n) is 12.5. The van der Waals surface area contributed by atoms with Gasteiger partial charge in [-0.3, -0.25) is 9.59 Å². The summed E-state index contributed by atoms with van der Waals surface area (Å²) in [5, 5.41) is 23.8. The number of nitrogens with one attached hydrogen (secondary N) is 1. The Bertz CT molecular complexity index is 1020. The van der Waals surface area contributed by atoms with Gasteiger partial charge in [0.15, 0.2) is 0 Å². The van der Waals surface area contributed by atoms with Crippen LogP contribution in [0.5, 0.6) is 0 Å². The van der Waals surface area contributed by atoms with Crippen molar-refractivity contribution >= 4 is 11.9 Å². The number of hydrogen-bond donors (Lipinski definition) is 3. The van der Waals surface area contributed by atoms with Crippen molar-refractivity contribution in [3.05, 3.63) is 36.5 Å². The Morgan fingerprint density at radius 2 is 0.823 bits per heavy atom. The fraction of sp³-hybridized carbons (Fsp3) is 0.857. The summed E-state index contributed by atoms with van der Waals surface area (Å²) >= 11 is 0. The van der Waals surface area contributed by atoms with Gasteiger partial charge in [-0.25, -0.2) is 0 Å². The highest BCUT2D eigenvalue weighted by Crippen LogP contribution is 2.18. The predicted octanol–water partition coefficient (Wildman–Crippen LogP) is 16.5. The Balaban J connectivity index is 4.58. The number of carbonyl (C=O) groups excluding carboxylic acids is 2. The minimum atomic E-state index is -0.788. The first-order chi connectivity index (χ1) is 30.5. The first-order valence-corrected chi connectivity index (χ1v) is 27.2. The van der Waals surface area contributed by atoms with Crippen LogP contribution in [0.25, 0.3) is 0 Å². The monoisotopic (exact) mass is 872 g/mol. The van der Waals surface area contributed by atoms with Gasteiger partial charge >= 0.3 is 5.97 Å². The van der Waals surface area contributed by atoms with Crippen molar-refractivity contribution < 1.29 is 24.5 Å². The second kappa shape index (κ2) is 50.1. The average Bonchev–Trinajstić information content (AvgIpc) is 3.26. The Morgan fingerprint density at radius 3 is 1.27 bits per heavy atom. The summed E-state index contributed by atoms with van der Waals surface area (Å²) in [7, 11) is 0. The normalized spacial score (nSPS) is 13.4. The number of aliphatic hydroxyl groups excluding tert-OH is 2. The molecule has 0 aliphatic rings. The lowest BCUT2D eigenvalue weighted by Crippen LogP contribution is -2.46. The molecule has 0 rings (SSSR count). The van der Waals surface area contributed by atoms with Crippen LogP contribution < -0.4 is 5.32 Å². The molecule has 3 unspecified atom stereocenters. The summed E-state index contributed by atoms with van der Waals surface area (Å²) in [6, 6.07) is -0.703. The molecule has 62 heavy (non-hydrogen) atoms. The molecule has 0 aromatic rings. The van der Waals surface area contributed by atoms with Gasteiger partial charge < -0.3 is 20.3 Å². The number of allylic oxidation sites excluding steroid dienone is 6. The van der Waals surface area contributed by atoms with E-state index >= 15 is 0 Å². The van der Waals surface area contributed by atoms with E-state index in [1.165, 1.54) is 161 Å². The number of aliphatic hydroxyl groups is 2. The summed E-state index contributed by atoms with van der Waals surface area (Å²) in [5.74, 6) is -0.486. The topological polar surface area (TPSA) is 95.9 Å². The van der Waals surface area contributed by atoms with Crippen molar-refractivity contribution in [3.63, 3.8) is 0 Å². The Labute approximate surface area is 385 Å². The molecule has 0 aliphatic heterocycles. The maximum Gasteiger partial charge on any atom is 0.306 e. The largest absolute Gasteiger partial charge is 0.462 e. The van der Waals surface area contributed by atoms with Gasteiger partial charge in [0.05, 0.1) is 25.2 Å². The molecule has 6 heteroatoms. The summed E-state index contributed by atoms with van der Waals surface area (Å²) in [6.07, 6.45) is 59.1. The minimum absolute atomic E-state index is 0.0727. The zero-order valence-corrected chi connectivity index (χ0v) is 41.5. The van der Waals surface area contributed by atoms with Gasteiger partial charge in [-0.05, 0) is 64.2 Å². The fourth-order valence-electron chi connectivity index (χ4n) is 8.32. The van der Waals surface area contributed by atoms with Crippen LogP contribution in [0, 0.1) is 0 Å². The van der Waals surface area contributed by atoms with Gasteiger partial charge in [0.2, 0.25) is 5.91 Å². The molecule has 1 amide bonds. The number of amides is 1. The van der Waals surface area contributed by atoms with Crippen molar-refractivity contribution in [2.45, 2.75) is 302 Å². The van der Waals surface area contributed by atoms with Crippen LogP contribution in [0.4, 0.5) is 0 Å². The van der Waals surface area contributed by atoms with Crippen LogP contribution in [0.3, 0.4) is 0 Å². The third-order valence-corrected chi connectivity index (χ3v) is 12.5. The lowest BCUT2D eigenvalue weighted by molar-refractivity contribution is -0.151. The minimum Gasteiger partial charge on any atom is -0.462 e. The highest BCUT2D eigenvalue weighted by Gasteiger charge is 2.24. The van der Waals surface area contributed by atoms with E-state index in [0.29, 0.717) is 19.3 Å². The number of hydrogen-bond acceptors (Lipinski definition) is 5. The van der Waals surface area contributed by atoms with Gasteiger partial charge in [0.25, 0.3) is 0 Å². The van der Waals surface area contributed by atoms with Gasteiger partial charge in [-0.15, -0.1) is 0 Å². The predicted molar refractivity (Wildman–Crippen MR) is 269 cm³/mol. The van der Waals surface area contributed by atoms with Crippen LogP contribution >= 0.6 is 0 Å². The summed E-state index contributed by atoms with van der Waals surface area (Å²) in [6.45, 7) is 6.47. The average molecular weight is 872 g/mol. The molecule has 6 nitrogen and oxygen atoms in total. The van der Waals surface area contributed by atoms with Crippen LogP contribution in [-0.4, -0.2) is 46.9 Å². The van der Waals surface area contributed by atoms with E-state index in [4.69, 9.17) is 4.74 Å². The van der Waals surface area contributed by atoms with Crippen LogP contribution in [0.15, 0.2) is 36.5 Å². The molecule has 3 N–H and O–H groups in total. The van der Waals surface area contributed by atoms with E-state index < -0.39 is 18.2 Å². The van der Waals surface area contributed by atoms with Crippen LogP contribution in [0.2, 0.25) is 0 Å². The maximum atomic E-state index is 13.2. The van der Waals surface area contributed by atoms with Crippen molar-refractivity contribution in [1.82, 2.24) is 5.32 Å². The number of unbranched alkanes of at least 4 members (excludes halogenated alkanes) is 31. The first kappa shape index (κ1) is 60.1. The molecule has 0 spiro atoms. The lowest BCUT2D eigenvalue weighted by Gasteiger charge is -2.24. The second-order valence-corrected chi connectivity index (χ2v) is 18.6. The molecular weight excluding hydrogens is 767 g/mol. The zero-order valence-electron chi connectivity index (χ0n) is 41.5. The van der Waals surface area contributed by atoms with E-state index in [0.717, 1.165) is 77.0 Å². The van der Waals surface area contributed by atoms with Gasteiger partial charge in [-0.1, -0.05) is 243 Å². The molecule has 0 radical (unpaired) electrons. The third kappa shape index (κ3) is 44.7. The maximum absolute atomic E-state index is 13.2. The molecule has 0 heterocycles. The van der Waals surface area contributed by atoms with E-state index in [9.17, 15) is 19.8 Å². The van der Waals surface area contributed by atoms with Crippen molar-refractivity contribution in [2.75, 3.05) is 6.61 Å². The second-order valence-electron chi connectivity index (χ2n) is 18.6. The first-order valence-electron chi connectivity index (χ1n) is 27.2. The van der Waals surface area contributed by atoms with Crippen molar-refractivity contribution in [3.8, 4) is 0 Å². The quantitative estimate of drug-likeness (QED) is 0.0321. The van der Waals surface area contributed by atoms with Crippen LogP contribution in [-0.2, 0) is 14.3 Å². The van der Waals surface area contributed by atoms with E-state index in [-0.39, 0.29) is 24.9 Å². The van der Waals surface area contributed by atoms with E-state index in [1.54, 1.807) is 0 Å². The molecule has 0 aromatic heterocycles. The summed E-state index contributed by atoms with van der Waals surface area (Å²) in [5.41, 5.74) is 0. The van der Waals surface area contributed by atoms with Crippen LogP contribution in [0.1, 0.15) is 284 Å². The SMILES string of the molecule is CCCCC/C=C\C/C=C\C/C=C\CCCCCCC(=O)OC(CCCCCCCCCCCCCCCC)CC(=O)NC(CO)C(O)CCCCCCCCCCCCCC. The standard InChI is InChI=1S/C56H105NO5/c1-4-7-10-13-16-19-22-25-27-28-29-31-34-37-40-43-46-49-56(61)62-52(47-44-41-38-35-32-30-26-23-20-17-14-11-8-5-2)50-55(60)57-53(51-58)54(59)48-45-42-39-36-33-24-21-18-15-12-9-6-3/h16,19,25,27,29,31,52-54,58-59H,4-15,17-18,20-24,26,28,30,32-51H2,1-3H3,(H,57,60)/b19-16-,27-25-,31-29-. The van der Waals surface area contributed by atoms with E-state index in [2.05, 4.69) is 62.5 Å². The molecule has 0 saturated carbocycles. The Morgan fingerprint density at radius 1 is 0.468 bits per heavy atom. The summed E-state index contributed by atoms with van der Waals surface area (Å²) < 4.78 is 5.94. The number of esters is 1. The molecule has 364 valence electrons. The molecular formula is C56H105NO5. The lowest BCUT2D eigenvalue weighted by atomic mass is 10.0. The van der Waals surface area contributed by atoms with Crippen molar-refractivity contribution in [2.24, 2.45) is 0 Å². The number of rotatable bonds is 49. The molecule has 0 aromatic carbocycles. The van der Waals surface area contributed by atoms with E-state index in [1.807, 2.05) is 0 Å². The number of ether oxygens (including phenoxy) is 1. The van der Waals surface area contributed by atoms with Gasteiger partial charge in [0.1, 0.15) is 6.10 Å². The molecule has 0 bridgehead atoms. The Kier molecular flexibility index (Phi) is 48.5. The number of carbonyl (C=O) groups is 2. The highest BCUT2D eigenvalue weighted by molar-refractivity contribution is 5.77. The molecule has 0 saturated heterocycles. The van der Waals surface area contributed by atoms with Crippen molar-refractivity contribution in [1.29, 1.82) is 0 Å². The molecule has 3 atom stereocenters. The Hall–Kier alpha value is -1.92. The molecule has 0 aliphatic carbocycles. The summed E-state index contributed by atoms with van der Waals surface area (Å²) in [4.78, 5) is 26.2. The van der Waals surface area contributed by atoms with Gasteiger partial charge in [-0.2, -0.15) is 0 Å². The zero-order chi connectivity index (χ0) is 45.2. The smallest absolute Gasteiger partial charge is 0.306 e. The fourth-order valence-corrected chi connectivity index (χ4v) is 8.32. The highest BCUT2D eigenvalue weighted by atomic mass is 16.5. The molecule has 0 fully saturated rings. The van der Waals surface area contributed by atoms with Gasteiger partial charge in [0, 0.05) is 6.42 Å².